The fourth-order valence-corrected chi connectivity index (χ4v) is 2.69. The minimum atomic E-state index is -3.12. The molecule has 0 spiro atoms. The zero-order valence-corrected chi connectivity index (χ0v) is 11.4. The van der Waals surface area contributed by atoms with Crippen LogP contribution in [0.15, 0.2) is 29.2 Å². The fourth-order valence-electron chi connectivity index (χ4n) is 2.06. The van der Waals surface area contributed by atoms with Crippen molar-refractivity contribution in [2.24, 2.45) is 0 Å². The summed E-state index contributed by atoms with van der Waals surface area (Å²) in [6.07, 6.45) is 4.59. The minimum Gasteiger partial charge on any atom is -0.490 e. The first kappa shape index (κ1) is 13.4. The Labute approximate surface area is 108 Å². The molecule has 100 valence electrons. The van der Waals surface area contributed by atoms with Gasteiger partial charge in [-0.05, 0) is 56.6 Å². The van der Waals surface area contributed by atoms with E-state index in [9.17, 15) is 8.42 Å². The van der Waals surface area contributed by atoms with Gasteiger partial charge in [-0.1, -0.05) is 0 Å². The zero-order valence-electron chi connectivity index (χ0n) is 10.6. The van der Waals surface area contributed by atoms with E-state index in [-0.39, 0.29) is 6.10 Å². The standard InChI is InChI=1S/C13H19NO3S/c1-18(15,16)13-6-4-12(5-7-13)17-11-3-2-9-14-10-8-11/h4-7,11,14H,2-3,8-10H2,1H3. The Hall–Kier alpha value is -1.07. The Bertz CT molecular complexity index is 473. The smallest absolute Gasteiger partial charge is 0.175 e. The third-order valence-electron chi connectivity index (χ3n) is 3.08. The van der Waals surface area contributed by atoms with Gasteiger partial charge in [-0.15, -0.1) is 0 Å². The molecular weight excluding hydrogens is 250 g/mol. The molecule has 1 unspecified atom stereocenters. The molecule has 1 atom stereocenters. The molecule has 0 aliphatic carbocycles. The number of nitrogens with one attached hydrogen (secondary N) is 1. The van der Waals surface area contributed by atoms with Gasteiger partial charge in [0.2, 0.25) is 0 Å². The van der Waals surface area contributed by atoms with E-state index in [0.717, 1.165) is 38.1 Å². The molecule has 1 heterocycles. The van der Waals surface area contributed by atoms with Gasteiger partial charge in [0.05, 0.1) is 11.0 Å². The largest absolute Gasteiger partial charge is 0.490 e. The number of rotatable bonds is 3. The lowest BCUT2D eigenvalue weighted by Gasteiger charge is -2.16. The highest BCUT2D eigenvalue weighted by Crippen LogP contribution is 2.19. The van der Waals surface area contributed by atoms with Crippen molar-refractivity contribution in [2.45, 2.75) is 30.3 Å². The van der Waals surface area contributed by atoms with Crippen LogP contribution in [0.3, 0.4) is 0 Å². The van der Waals surface area contributed by atoms with Crippen LogP contribution in [-0.4, -0.2) is 33.9 Å². The number of hydrogen-bond acceptors (Lipinski definition) is 4. The molecule has 0 aromatic heterocycles. The highest BCUT2D eigenvalue weighted by Gasteiger charge is 2.14. The third-order valence-corrected chi connectivity index (χ3v) is 4.21. The molecule has 18 heavy (non-hydrogen) atoms. The predicted octanol–water partition coefficient (Wildman–Crippen LogP) is 1.61. The average molecular weight is 269 g/mol. The summed E-state index contributed by atoms with van der Waals surface area (Å²) < 4.78 is 28.5. The van der Waals surface area contributed by atoms with E-state index in [1.807, 2.05) is 0 Å². The maximum absolute atomic E-state index is 11.3. The fraction of sp³-hybridized carbons (Fsp3) is 0.538. The molecule has 1 fully saturated rings. The molecule has 1 aromatic rings. The topological polar surface area (TPSA) is 55.4 Å². The first-order valence-electron chi connectivity index (χ1n) is 6.23. The van der Waals surface area contributed by atoms with E-state index < -0.39 is 9.84 Å². The van der Waals surface area contributed by atoms with Crippen LogP contribution in [0.4, 0.5) is 0 Å². The summed E-state index contributed by atoms with van der Waals surface area (Å²) in [7, 11) is -3.12. The summed E-state index contributed by atoms with van der Waals surface area (Å²) >= 11 is 0. The van der Waals surface area contributed by atoms with E-state index in [4.69, 9.17) is 4.74 Å². The van der Waals surface area contributed by atoms with Crippen molar-refractivity contribution >= 4 is 9.84 Å². The Morgan fingerprint density at radius 1 is 1.17 bits per heavy atom. The molecule has 2 rings (SSSR count). The van der Waals surface area contributed by atoms with E-state index in [2.05, 4.69) is 5.32 Å². The lowest BCUT2D eigenvalue weighted by molar-refractivity contribution is 0.187. The van der Waals surface area contributed by atoms with Crippen molar-refractivity contribution in [1.82, 2.24) is 5.32 Å². The normalized spacial score (nSPS) is 21.3. The van der Waals surface area contributed by atoms with Gasteiger partial charge in [0, 0.05) is 6.26 Å². The van der Waals surface area contributed by atoms with Crippen molar-refractivity contribution in [3.05, 3.63) is 24.3 Å². The number of hydrogen-bond donors (Lipinski definition) is 1. The average Bonchev–Trinajstić information content (AvgIpc) is 2.57. The molecule has 0 radical (unpaired) electrons. The number of benzene rings is 1. The highest BCUT2D eigenvalue weighted by atomic mass is 32.2. The van der Waals surface area contributed by atoms with Gasteiger partial charge in [-0.25, -0.2) is 8.42 Å². The van der Waals surface area contributed by atoms with E-state index in [0.29, 0.717) is 4.90 Å². The lowest BCUT2D eigenvalue weighted by Crippen LogP contribution is -2.19. The number of sulfone groups is 1. The molecule has 1 N–H and O–H groups in total. The van der Waals surface area contributed by atoms with Gasteiger partial charge in [0.25, 0.3) is 0 Å². The maximum atomic E-state index is 11.3. The second kappa shape index (κ2) is 5.71. The molecule has 4 nitrogen and oxygen atoms in total. The van der Waals surface area contributed by atoms with Crippen LogP contribution >= 0.6 is 0 Å². The SMILES string of the molecule is CS(=O)(=O)c1ccc(OC2CCCNCC2)cc1. The minimum absolute atomic E-state index is 0.226. The number of ether oxygens (including phenoxy) is 1. The van der Waals surface area contributed by atoms with Crippen LogP contribution in [0.25, 0.3) is 0 Å². The summed E-state index contributed by atoms with van der Waals surface area (Å²) in [6, 6.07) is 6.66. The van der Waals surface area contributed by atoms with E-state index in [1.165, 1.54) is 6.26 Å². The predicted molar refractivity (Wildman–Crippen MR) is 70.7 cm³/mol. The van der Waals surface area contributed by atoms with Crippen LogP contribution in [0.1, 0.15) is 19.3 Å². The van der Waals surface area contributed by atoms with Gasteiger partial charge >= 0.3 is 0 Å². The summed E-state index contributed by atoms with van der Waals surface area (Å²) in [5.41, 5.74) is 0. The van der Waals surface area contributed by atoms with Gasteiger partial charge in [-0.2, -0.15) is 0 Å². The van der Waals surface area contributed by atoms with Crippen molar-refractivity contribution < 1.29 is 13.2 Å². The summed E-state index contributed by atoms with van der Waals surface area (Å²) in [6.45, 7) is 2.03. The molecular formula is C13H19NO3S. The Morgan fingerprint density at radius 3 is 2.56 bits per heavy atom. The zero-order chi connectivity index (χ0) is 13.0. The first-order valence-corrected chi connectivity index (χ1v) is 8.12. The lowest BCUT2D eigenvalue weighted by atomic mass is 10.1. The molecule has 0 amide bonds. The second-order valence-corrected chi connectivity index (χ2v) is 6.68. The summed E-state index contributed by atoms with van der Waals surface area (Å²) in [4.78, 5) is 0.331. The molecule has 1 saturated heterocycles. The van der Waals surface area contributed by atoms with Crippen LogP contribution in [-0.2, 0) is 9.84 Å². The summed E-state index contributed by atoms with van der Waals surface area (Å²) in [5.74, 6) is 0.745. The monoisotopic (exact) mass is 269 g/mol. The molecule has 0 bridgehead atoms. The second-order valence-electron chi connectivity index (χ2n) is 4.66. The maximum Gasteiger partial charge on any atom is 0.175 e. The molecule has 1 aromatic carbocycles. The van der Waals surface area contributed by atoms with Gasteiger partial charge in [0.15, 0.2) is 9.84 Å². The van der Waals surface area contributed by atoms with Crippen LogP contribution in [0.5, 0.6) is 5.75 Å². The van der Waals surface area contributed by atoms with Gasteiger partial charge in [-0.3, -0.25) is 0 Å². The Kier molecular flexibility index (Phi) is 4.24. The first-order chi connectivity index (χ1) is 8.55. The van der Waals surface area contributed by atoms with Crippen molar-refractivity contribution in [3.63, 3.8) is 0 Å². The van der Waals surface area contributed by atoms with Crippen LogP contribution in [0, 0.1) is 0 Å². The van der Waals surface area contributed by atoms with Crippen LogP contribution < -0.4 is 10.1 Å². The summed E-state index contributed by atoms with van der Waals surface area (Å²) in [5, 5.41) is 3.33. The third kappa shape index (κ3) is 3.71. The van der Waals surface area contributed by atoms with Crippen LogP contribution in [0.2, 0.25) is 0 Å². The quantitative estimate of drug-likeness (QED) is 0.906. The van der Waals surface area contributed by atoms with Crippen molar-refractivity contribution in [2.75, 3.05) is 19.3 Å². The van der Waals surface area contributed by atoms with Gasteiger partial charge in [0.1, 0.15) is 5.75 Å². The van der Waals surface area contributed by atoms with E-state index in [1.54, 1.807) is 24.3 Å². The Morgan fingerprint density at radius 2 is 1.89 bits per heavy atom. The molecule has 5 heteroatoms. The Balaban J connectivity index is 2.01. The van der Waals surface area contributed by atoms with Crippen molar-refractivity contribution in [1.29, 1.82) is 0 Å². The molecule has 1 aliphatic heterocycles. The van der Waals surface area contributed by atoms with Gasteiger partial charge < -0.3 is 10.1 Å². The molecule has 1 aliphatic rings. The molecule has 0 saturated carbocycles. The van der Waals surface area contributed by atoms with Crippen molar-refractivity contribution in [3.8, 4) is 5.75 Å². The highest BCUT2D eigenvalue weighted by molar-refractivity contribution is 7.90. The van der Waals surface area contributed by atoms with E-state index >= 15 is 0 Å².